The topological polar surface area (TPSA) is 77.1 Å². The van der Waals surface area contributed by atoms with Crippen molar-refractivity contribution in [3.63, 3.8) is 0 Å². The van der Waals surface area contributed by atoms with E-state index in [4.69, 9.17) is 14.2 Å². The molecular formula is C26H36N2O5. The second-order valence-corrected chi connectivity index (χ2v) is 9.76. The van der Waals surface area contributed by atoms with Gasteiger partial charge in [0.15, 0.2) is 5.78 Å². The van der Waals surface area contributed by atoms with Gasteiger partial charge in [0, 0.05) is 24.8 Å². The molecule has 2 saturated heterocycles. The van der Waals surface area contributed by atoms with Crippen molar-refractivity contribution in [3.05, 3.63) is 35.1 Å². The smallest absolute Gasteiger partial charge is 0.337 e. The normalized spacial score (nSPS) is 29.1. The van der Waals surface area contributed by atoms with Crippen LogP contribution in [0, 0.1) is 11.8 Å². The first kappa shape index (κ1) is 23.6. The molecule has 33 heavy (non-hydrogen) atoms. The number of hydrogen-bond acceptors (Lipinski definition) is 7. The van der Waals surface area contributed by atoms with Crippen LogP contribution in [0.5, 0.6) is 5.75 Å². The van der Waals surface area contributed by atoms with Gasteiger partial charge in [-0.1, -0.05) is 33.3 Å². The standard InChI is InChI=1S/C26H36N2O5/c1-7-16-13-28-11-10-26(21(28)12-18(16)19(14-31-4)25(30)33-6)24(29)22-20(27-26)9-8-17(15(2)3)23(22)32-5/h8-9,14-16,18,21,27H,7,10-13H2,1-6H3/b19-14+/t16-,18+,21+,26+/m1/s1. The number of methoxy groups -OCH3 is 3. The average molecular weight is 457 g/mol. The Labute approximate surface area is 196 Å². The summed E-state index contributed by atoms with van der Waals surface area (Å²) in [7, 11) is 4.59. The maximum Gasteiger partial charge on any atom is 0.337 e. The number of carbonyl (C=O) groups excluding carboxylic acids is 2. The minimum atomic E-state index is -0.712. The maximum atomic E-state index is 14.1. The molecule has 0 saturated carbocycles. The number of ether oxygens (including phenoxy) is 3. The maximum absolute atomic E-state index is 14.1. The first-order valence-corrected chi connectivity index (χ1v) is 11.9. The highest BCUT2D eigenvalue weighted by Crippen LogP contribution is 2.51. The third-order valence-electron chi connectivity index (χ3n) is 7.91. The highest BCUT2D eigenvalue weighted by atomic mass is 16.5. The van der Waals surface area contributed by atoms with Crippen molar-refractivity contribution in [3.8, 4) is 5.75 Å². The van der Waals surface area contributed by atoms with Crippen LogP contribution in [0.3, 0.4) is 0 Å². The van der Waals surface area contributed by atoms with Crippen LogP contribution in [-0.4, -0.2) is 62.7 Å². The lowest BCUT2D eigenvalue weighted by molar-refractivity contribution is -0.137. The van der Waals surface area contributed by atoms with Crippen LogP contribution in [0.2, 0.25) is 0 Å². The van der Waals surface area contributed by atoms with E-state index < -0.39 is 5.54 Å². The van der Waals surface area contributed by atoms with E-state index >= 15 is 0 Å². The molecule has 2 fully saturated rings. The number of benzene rings is 1. The van der Waals surface area contributed by atoms with Crippen molar-refractivity contribution in [2.75, 3.05) is 39.7 Å². The molecule has 0 amide bonds. The summed E-state index contributed by atoms with van der Waals surface area (Å²) < 4.78 is 16.1. The zero-order valence-electron chi connectivity index (χ0n) is 20.6. The fraction of sp³-hybridized carbons (Fsp3) is 0.615. The van der Waals surface area contributed by atoms with Gasteiger partial charge in [0.05, 0.1) is 38.7 Å². The molecule has 4 rings (SSSR count). The second-order valence-electron chi connectivity index (χ2n) is 9.76. The summed E-state index contributed by atoms with van der Waals surface area (Å²) in [4.78, 5) is 29.1. The third kappa shape index (κ3) is 3.61. The quantitative estimate of drug-likeness (QED) is 0.394. The summed E-state index contributed by atoms with van der Waals surface area (Å²) in [5.74, 6) is 0.929. The molecule has 0 bridgehead atoms. The van der Waals surface area contributed by atoms with E-state index in [1.54, 1.807) is 14.2 Å². The first-order chi connectivity index (χ1) is 15.8. The molecule has 7 heteroatoms. The summed E-state index contributed by atoms with van der Waals surface area (Å²) in [5, 5.41) is 3.63. The van der Waals surface area contributed by atoms with Gasteiger partial charge in [-0.15, -0.1) is 0 Å². The van der Waals surface area contributed by atoms with Gasteiger partial charge in [0.2, 0.25) is 0 Å². The summed E-state index contributed by atoms with van der Waals surface area (Å²) in [5.41, 5.74) is 2.40. The Morgan fingerprint density at radius 2 is 2.06 bits per heavy atom. The lowest BCUT2D eigenvalue weighted by atomic mass is 9.72. The molecule has 180 valence electrons. The minimum absolute atomic E-state index is 0.0256. The van der Waals surface area contributed by atoms with Gasteiger partial charge in [0.25, 0.3) is 0 Å². The summed E-state index contributed by atoms with van der Waals surface area (Å²) in [6.07, 6.45) is 3.88. The van der Waals surface area contributed by atoms with Gasteiger partial charge >= 0.3 is 5.97 Å². The molecule has 1 N–H and O–H groups in total. The molecule has 7 nitrogen and oxygen atoms in total. The number of Topliss-reactive ketones (excluding diaryl/α,β-unsaturated/α-hetero) is 1. The summed E-state index contributed by atoms with van der Waals surface area (Å²) in [6, 6.07) is 4.05. The average Bonchev–Trinajstić information content (AvgIpc) is 3.32. The summed E-state index contributed by atoms with van der Waals surface area (Å²) in [6.45, 7) is 8.06. The monoisotopic (exact) mass is 456 g/mol. The molecule has 3 aliphatic heterocycles. The van der Waals surface area contributed by atoms with Gasteiger partial charge in [-0.05, 0) is 42.2 Å². The molecule has 3 aliphatic rings. The van der Waals surface area contributed by atoms with Crippen LogP contribution >= 0.6 is 0 Å². The number of nitrogens with zero attached hydrogens (tertiary/aromatic N) is 1. The fourth-order valence-corrected chi connectivity index (χ4v) is 6.24. The van der Waals surface area contributed by atoms with Gasteiger partial charge in [-0.3, -0.25) is 9.69 Å². The molecule has 0 aromatic heterocycles. The molecule has 0 unspecified atom stereocenters. The summed E-state index contributed by atoms with van der Waals surface area (Å²) >= 11 is 0. The zero-order valence-corrected chi connectivity index (χ0v) is 20.6. The number of rotatable bonds is 6. The van der Waals surface area contributed by atoms with Crippen LogP contribution in [0.4, 0.5) is 5.69 Å². The lowest BCUT2D eigenvalue weighted by Gasteiger charge is -2.45. The van der Waals surface area contributed by atoms with Crippen molar-refractivity contribution in [1.82, 2.24) is 4.90 Å². The van der Waals surface area contributed by atoms with E-state index in [-0.39, 0.29) is 35.5 Å². The van der Waals surface area contributed by atoms with E-state index in [2.05, 4.69) is 37.1 Å². The number of carbonyl (C=O) groups is 2. The van der Waals surface area contributed by atoms with Crippen LogP contribution < -0.4 is 10.1 Å². The molecular weight excluding hydrogens is 420 g/mol. The van der Waals surface area contributed by atoms with Gasteiger partial charge < -0.3 is 19.5 Å². The predicted molar refractivity (Wildman–Crippen MR) is 127 cm³/mol. The third-order valence-corrected chi connectivity index (χ3v) is 7.91. The van der Waals surface area contributed by atoms with Crippen LogP contribution in [0.1, 0.15) is 61.9 Å². The van der Waals surface area contributed by atoms with Crippen molar-refractivity contribution in [2.24, 2.45) is 11.8 Å². The van der Waals surface area contributed by atoms with E-state index in [1.807, 2.05) is 6.07 Å². The van der Waals surface area contributed by atoms with Gasteiger partial charge in [0.1, 0.15) is 11.3 Å². The fourth-order valence-electron chi connectivity index (χ4n) is 6.24. The van der Waals surface area contributed by atoms with E-state index in [0.29, 0.717) is 23.3 Å². The van der Waals surface area contributed by atoms with Gasteiger partial charge in [-0.2, -0.15) is 0 Å². The Kier molecular flexibility index (Phi) is 6.45. The van der Waals surface area contributed by atoms with Crippen molar-refractivity contribution < 1.29 is 23.8 Å². The van der Waals surface area contributed by atoms with E-state index in [1.165, 1.54) is 13.4 Å². The number of ketones is 1. The van der Waals surface area contributed by atoms with E-state index in [0.717, 1.165) is 37.2 Å². The number of hydrogen-bond donors (Lipinski definition) is 1. The van der Waals surface area contributed by atoms with Crippen molar-refractivity contribution >= 4 is 17.4 Å². The molecule has 1 aromatic carbocycles. The molecule has 4 atom stereocenters. The van der Waals surface area contributed by atoms with Crippen molar-refractivity contribution in [1.29, 1.82) is 0 Å². The van der Waals surface area contributed by atoms with Gasteiger partial charge in [-0.25, -0.2) is 4.79 Å². The van der Waals surface area contributed by atoms with Crippen molar-refractivity contribution in [2.45, 2.75) is 57.5 Å². The number of esters is 1. The van der Waals surface area contributed by atoms with E-state index in [9.17, 15) is 9.59 Å². The molecule has 1 aromatic rings. The Morgan fingerprint density at radius 3 is 2.67 bits per heavy atom. The predicted octanol–water partition coefficient (Wildman–Crippen LogP) is 3.99. The number of anilines is 1. The number of nitrogens with one attached hydrogen (secondary N) is 1. The Bertz CT molecular complexity index is 972. The van der Waals surface area contributed by atoms with Crippen LogP contribution in [0.15, 0.2) is 24.0 Å². The highest BCUT2D eigenvalue weighted by Gasteiger charge is 2.60. The molecule has 0 radical (unpaired) electrons. The number of fused-ring (bicyclic) bond motifs is 3. The number of piperidine rings is 1. The van der Waals surface area contributed by atoms with Crippen LogP contribution in [0.25, 0.3) is 0 Å². The zero-order chi connectivity index (χ0) is 23.9. The highest BCUT2D eigenvalue weighted by molar-refractivity contribution is 6.16. The first-order valence-electron chi connectivity index (χ1n) is 11.9. The minimum Gasteiger partial charge on any atom is -0.504 e. The Morgan fingerprint density at radius 1 is 1.30 bits per heavy atom. The Hall–Kier alpha value is -2.54. The second kappa shape index (κ2) is 9.01. The lowest BCUT2D eigenvalue weighted by Crippen LogP contribution is -2.57. The SMILES string of the molecule is CC[C@@H]1CN2CC[C@]3(Nc4ccc(C(C)C)c(OC)c4C3=O)[C@@H]2C[C@@H]1/C(=C\OC)C(=O)OC. The largest absolute Gasteiger partial charge is 0.504 e. The Balaban J connectivity index is 1.73. The molecule has 3 heterocycles. The molecule has 1 spiro atoms. The van der Waals surface area contributed by atoms with Crippen LogP contribution in [-0.2, 0) is 14.3 Å². The molecule has 0 aliphatic carbocycles.